The summed E-state index contributed by atoms with van der Waals surface area (Å²) in [7, 11) is 3.29. The first kappa shape index (κ1) is 21.8. The Morgan fingerprint density at radius 3 is 1.64 bits per heavy atom. The predicted octanol–water partition coefficient (Wildman–Crippen LogP) is 4.03. The van der Waals surface area contributed by atoms with Gasteiger partial charge in [-0.05, 0) is 61.3 Å². The van der Waals surface area contributed by atoms with Crippen molar-refractivity contribution in [1.29, 1.82) is 0 Å². The number of hydrogen-bond donors (Lipinski definition) is 1. The first-order valence-corrected chi connectivity index (χ1v) is 9.90. The van der Waals surface area contributed by atoms with Crippen LogP contribution in [-0.4, -0.2) is 44.7 Å². The zero-order chi connectivity index (χ0) is 20.4. The van der Waals surface area contributed by atoms with Crippen LogP contribution in [0.5, 0.6) is 11.5 Å². The van der Waals surface area contributed by atoms with Gasteiger partial charge in [0.2, 0.25) is 5.91 Å². The average Bonchev–Trinajstić information content (AvgIpc) is 2.72. The van der Waals surface area contributed by atoms with E-state index >= 15 is 0 Å². The van der Waals surface area contributed by atoms with Crippen LogP contribution >= 0.6 is 0 Å². The molecule has 0 atom stereocenters. The monoisotopic (exact) mass is 384 g/mol. The fraction of sp³-hybridized carbons (Fsp3) is 0.435. The largest absolute Gasteiger partial charge is 0.497 e. The van der Waals surface area contributed by atoms with Crippen LogP contribution in [0.3, 0.4) is 0 Å². The molecule has 2 aromatic carbocycles. The summed E-state index contributed by atoms with van der Waals surface area (Å²) in [6.07, 6.45) is 2.07. The molecule has 0 unspecified atom stereocenters. The van der Waals surface area contributed by atoms with Crippen LogP contribution in [-0.2, 0) is 4.79 Å². The maximum absolute atomic E-state index is 12.8. The minimum absolute atomic E-state index is 0.0264. The van der Waals surface area contributed by atoms with Gasteiger partial charge in [0.05, 0.1) is 26.8 Å². The molecule has 0 aliphatic carbocycles. The van der Waals surface area contributed by atoms with Crippen molar-refractivity contribution in [2.24, 2.45) is 0 Å². The maximum atomic E-state index is 12.8. The Hall–Kier alpha value is -2.53. The number of nitrogens with one attached hydrogen (secondary N) is 1. The van der Waals surface area contributed by atoms with Gasteiger partial charge in [-0.2, -0.15) is 0 Å². The van der Waals surface area contributed by atoms with Crippen molar-refractivity contribution < 1.29 is 14.3 Å². The number of hydrogen-bond acceptors (Lipinski definition) is 4. The van der Waals surface area contributed by atoms with Crippen molar-refractivity contribution in [3.8, 4) is 11.5 Å². The summed E-state index contributed by atoms with van der Waals surface area (Å²) in [4.78, 5) is 15.0. The van der Waals surface area contributed by atoms with Gasteiger partial charge in [-0.1, -0.05) is 38.1 Å². The number of benzene rings is 2. The molecule has 0 aliphatic heterocycles. The molecule has 1 amide bonds. The van der Waals surface area contributed by atoms with E-state index in [0.717, 1.165) is 48.6 Å². The Balaban J connectivity index is 2.22. The second kappa shape index (κ2) is 11.3. The minimum Gasteiger partial charge on any atom is -0.497 e. The highest BCUT2D eigenvalue weighted by Gasteiger charge is 2.19. The molecule has 0 saturated heterocycles. The summed E-state index contributed by atoms with van der Waals surface area (Å²) in [5.74, 6) is 1.61. The van der Waals surface area contributed by atoms with Crippen LogP contribution in [0.4, 0.5) is 0 Å². The van der Waals surface area contributed by atoms with E-state index in [1.807, 2.05) is 48.5 Å². The molecule has 1 N–H and O–H groups in total. The highest BCUT2D eigenvalue weighted by atomic mass is 16.5. The topological polar surface area (TPSA) is 50.8 Å². The third kappa shape index (κ3) is 6.27. The number of amides is 1. The molecular formula is C23H32N2O3. The Bertz CT molecular complexity index is 660. The zero-order valence-electron chi connectivity index (χ0n) is 17.4. The number of carbonyl (C=O) groups is 1. The summed E-state index contributed by atoms with van der Waals surface area (Å²) >= 11 is 0. The van der Waals surface area contributed by atoms with E-state index in [2.05, 4.69) is 24.1 Å². The van der Waals surface area contributed by atoms with E-state index in [-0.39, 0.29) is 11.9 Å². The standard InChI is InChI=1S/C23H32N2O3/c1-5-15-25(16-6-2)17-22(26)24-23(18-7-11-20(27-3)12-8-18)19-9-13-21(28-4)14-10-19/h7-14,23H,5-6,15-17H2,1-4H3,(H,24,26). The quantitative estimate of drug-likeness (QED) is 0.635. The van der Waals surface area contributed by atoms with Crippen LogP contribution in [0.2, 0.25) is 0 Å². The summed E-state index contributed by atoms with van der Waals surface area (Å²) in [6.45, 7) is 6.54. The second-order valence-corrected chi connectivity index (χ2v) is 6.82. The lowest BCUT2D eigenvalue weighted by Crippen LogP contribution is -2.39. The molecule has 0 heterocycles. The molecule has 0 aliphatic rings. The number of ether oxygens (including phenoxy) is 2. The van der Waals surface area contributed by atoms with Gasteiger partial charge in [0, 0.05) is 0 Å². The highest BCUT2D eigenvalue weighted by molar-refractivity contribution is 5.79. The Morgan fingerprint density at radius 1 is 0.857 bits per heavy atom. The molecule has 0 spiro atoms. The van der Waals surface area contributed by atoms with Gasteiger partial charge in [-0.25, -0.2) is 0 Å². The average molecular weight is 385 g/mol. The first-order valence-electron chi connectivity index (χ1n) is 9.90. The SMILES string of the molecule is CCCN(CCC)CC(=O)NC(c1ccc(OC)cc1)c1ccc(OC)cc1. The highest BCUT2D eigenvalue weighted by Crippen LogP contribution is 2.26. The summed E-state index contributed by atoms with van der Waals surface area (Å²) in [5, 5.41) is 3.21. The fourth-order valence-corrected chi connectivity index (χ4v) is 3.26. The molecule has 0 bridgehead atoms. The lowest BCUT2D eigenvalue weighted by Gasteiger charge is -2.24. The lowest BCUT2D eigenvalue weighted by atomic mass is 9.98. The van der Waals surface area contributed by atoms with Crippen LogP contribution in [0.25, 0.3) is 0 Å². The van der Waals surface area contributed by atoms with E-state index in [4.69, 9.17) is 9.47 Å². The minimum atomic E-state index is -0.227. The molecule has 152 valence electrons. The van der Waals surface area contributed by atoms with Gasteiger partial charge >= 0.3 is 0 Å². The Morgan fingerprint density at radius 2 is 1.29 bits per heavy atom. The fourth-order valence-electron chi connectivity index (χ4n) is 3.26. The molecule has 2 aromatic rings. The maximum Gasteiger partial charge on any atom is 0.234 e. The third-order valence-corrected chi connectivity index (χ3v) is 4.65. The summed E-state index contributed by atoms with van der Waals surface area (Å²) in [6, 6.07) is 15.4. The van der Waals surface area contributed by atoms with Crippen molar-refractivity contribution in [3.05, 3.63) is 59.7 Å². The molecule has 0 aromatic heterocycles. The molecule has 0 saturated carbocycles. The predicted molar refractivity (Wildman–Crippen MR) is 113 cm³/mol. The molecule has 0 radical (unpaired) electrons. The third-order valence-electron chi connectivity index (χ3n) is 4.65. The van der Waals surface area contributed by atoms with Crippen molar-refractivity contribution in [2.75, 3.05) is 33.9 Å². The molecule has 5 heteroatoms. The Labute approximate surface area is 168 Å². The van der Waals surface area contributed by atoms with Crippen molar-refractivity contribution in [3.63, 3.8) is 0 Å². The number of nitrogens with zero attached hydrogens (tertiary/aromatic N) is 1. The van der Waals surface area contributed by atoms with Gasteiger partial charge in [0.25, 0.3) is 0 Å². The Kier molecular flexibility index (Phi) is 8.82. The number of rotatable bonds is 11. The van der Waals surface area contributed by atoms with Crippen molar-refractivity contribution in [1.82, 2.24) is 10.2 Å². The van der Waals surface area contributed by atoms with Crippen LogP contribution in [0, 0.1) is 0 Å². The van der Waals surface area contributed by atoms with Gasteiger partial charge < -0.3 is 14.8 Å². The lowest BCUT2D eigenvalue weighted by molar-refractivity contribution is -0.122. The smallest absolute Gasteiger partial charge is 0.234 e. The van der Waals surface area contributed by atoms with Crippen LogP contribution < -0.4 is 14.8 Å². The van der Waals surface area contributed by atoms with E-state index < -0.39 is 0 Å². The van der Waals surface area contributed by atoms with Gasteiger partial charge in [-0.3, -0.25) is 9.69 Å². The summed E-state index contributed by atoms with van der Waals surface area (Å²) in [5.41, 5.74) is 2.02. The number of carbonyl (C=O) groups excluding carboxylic acids is 1. The van der Waals surface area contributed by atoms with Crippen LogP contribution in [0.15, 0.2) is 48.5 Å². The van der Waals surface area contributed by atoms with Gasteiger partial charge in [-0.15, -0.1) is 0 Å². The molecule has 0 fully saturated rings. The molecule has 28 heavy (non-hydrogen) atoms. The van der Waals surface area contributed by atoms with Crippen molar-refractivity contribution >= 4 is 5.91 Å². The van der Waals surface area contributed by atoms with E-state index in [1.54, 1.807) is 14.2 Å². The molecule has 5 nitrogen and oxygen atoms in total. The number of methoxy groups -OCH3 is 2. The van der Waals surface area contributed by atoms with Crippen molar-refractivity contribution in [2.45, 2.75) is 32.7 Å². The van der Waals surface area contributed by atoms with E-state index in [9.17, 15) is 4.79 Å². The normalized spacial score (nSPS) is 10.9. The zero-order valence-corrected chi connectivity index (χ0v) is 17.4. The summed E-state index contributed by atoms with van der Waals surface area (Å²) < 4.78 is 10.5. The van der Waals surface area contributed by atoms with Gasteiger partial charge in [0.1, 0.15) is 11.5 Å². The van der Waals surface area contributed by atoms with Crippen LogP contribution in [0.1, 0.15) is 43.9 Å². The van der Waals surface area contributed by atoms with E-state index in [0.29, 0.717) is 6.54 Å². The van der Waals surface area contributed by atoms with E-state index in [1.165, 1.54) is 0 Å². The first-order chi connectivity index (χ1) is 13.6. The molecular weight excluding hydrogens is 352 g/mol. The molecule has 2 rings (SSSR count). The van der Waals surface area contributed by atoms with Gasteiger partial charge in [0.15, 0.2) is 0 Å². The second-order valence-electron chi connectivity index (χ2n) is 6.82.